The third-order valence-corrected chi connectivity index (χ3v) is 3.29. The molecule has 4 rings (SSSR count). The first kappa shape index (κ1) is 11.0. The summed E-state index contributed by atoms with van der Waals surface area (Å²) in [4.78, 5) is 16.4. The minimum Gasteiger partial charge on any atom is -0.421 e. The van der Waals surface area contributed by atoms with Crippen LogP contribution >= 0.6 is 0 Å². The van der Waals surface area contributed by atoms with Crippen LogP contribution in [-0.2, 0) is 0 Å². The largest absolute Gasteiger partial charge is 0.421 e. The van der Waals surface area contributed by atoms with E-state index in [0.29, 0.717) is 11.3 Å². The predicted octanol–water partition coefficient (Wildman–Crippen LogP) is 3.11. The van der Waals surface area contributed by atoms with E-state index in [1.54, 1.807) is 0 Å². The van der Waals surface area contributed by atoms with Gasteiger partial charge in [0, 0.05) is 17.8 Å². The monoisotopic (exact) mass is 262 g/mol. The Morgan fingerprint density at radius 3 is 2.65 bits per heavy atom. The molecule has 0 unspecified atom stereocenters. The molecule has 96 valence electrons. The number of pyridine rings is 1. The van der Waals surface area contributed by atoms with Gasteiger partial charge >= 0.3 is 5.63 Å². The van der Waals surface area contributed by atoms with Crippen LogP contribution in [0.2, 0.25) is 0 Å². The summed E-state index contributed by atoms with van der Waals surface area (Å²) in [7, 11) is 0. The van der Waals surface area contributed by atoms with E-state index < -0.39 is 5.63 Å². The van der Waals surface area contributed by atoms with Crippen molar-refractivity contribution in [2.75, 3.05) is 0 Å². The van der Waals surface area contributed by atoms with Crippen molar-refractivity contribution in [1.82, 2.24) is 9.38 Å². The number of aromatic nitrogens is 2. The molecule has 4 nitrogen and oxygen atoms in total. The third-order valence-electron chi connectivity index (χ3n) is 3.29. The number of nitrogens with zero attached hydrogens (tertiary/aromatic N) is 2. The first-order valence-electron chi connectivity index (χ1n) is 6.29. The summed E-state index contributed by atoms with van der Waals surface area (Å²) in [5, 5.41) is 0. The summed E-state index contributed by atoms with van der Waals surface area (Å²) >= 11 is 0. The van der Waals surface area contributed by atoms with Gasteiger partial charge in [0.2, 0.25) is 0 Å². The zero-order chi connectivity index (χ0) is 13.5. The van der Waals surface area contributed by atoms with Gasteiger partial charge in [0.1, 0.15) is 11.4 Å². The molecule has 0 radical (unpaired) electrons. The van der Waals surface area contributed by atoms with E-state index in [0.717, 1.165) is 16.7 Å². The molecule has 0 spiro atoms. The van der Waals surface area contributed by atoms with E-state index in [1.165, 1.54) is 0 Å². The van der Waals surface area contributed by atoms with E-state index >= 15 is 0 Å². The van der Waals surface area contributed by atoms with Crippen LogP contribution in [0.25, 0.3) is 28.0 Å². The number of hydrogen-bond acceptors (Lipinski definition) is 3. The molecule has 3 heterocycles. The molecule has 4 aromatic rings. The van der Waals surface area contributed by atoms with Crippen LogP contribution in [0, 0.1) is 0 Å². The fourth-order valence-corrected chi connectivity index (χ4v) is 2.35. The molecular formula is C16H10N2O2. The molecule has 0 aliphatic heterocycles. The van der Waals surface area contributed by atoms with E-state index in [1.807, 2.05) is 65.2 Å². The summed E-state index contributed by atoms with van der Waals surface area (Å²) < 4.78 is 7.26. The summed E-state index contributed by atoms with van der Waals surface area (Å²) in [6.45, 7) is 0. The Morgan fingerprint density at radius 1 is 1.00 bits per heavy atom. The highest BCUT2D eigenvalue weighted by Crippen LogP contribution is 2.22. The zero-order valence-corrected chi connectivity index (χ0v) is 10.5. The second-order valence-corrected chi connectivity index (χ2v) is 4.54. The number of rotatable bonds is 1. The maximum Gasteiger partial charge on any atom is 0.364 e. The van der Waals surface area contributed by atoms with Gasteiger partial charge in [-0.05, 0) is 12.1 Å². The molecule has 0 saturated heterocycles. The highest BCUT2D eigenvalue weighted by Gasteiger charge is 2.11. The lowest BCUT2D eigenvalue weighted by Crippen LogP contribution is -2.00. The average Bonchev–Trinajstić information content (AvgIpc) is 2.88. The van der Waals surface area contributed by atoms with Crippen LogP contribution in [0.3, 0.4) is 0 Å². The van der Waals surface area contributed by atoms with Crippen molar-refractivity contribution in [2.24, 2.45) is 0 Å². The van der Waals surface area contributed by atoms with Gasteiger partial charge in [-0.25, -0.2) is 9.78 Å². The molecule has 1 aromatic carbocycles. The number of hydrogen-bond donors (Lipinski definition) is 0. The molecule has 20 heavy (non-hydrogen) atoms. The van der Waals surface area contributed by atoms with Crippen LogP contribution in [0.4, 0.5) is 0 Å². The summed E-state index contributed by atoms with van der Waals surface area (Å²) in [5.74, 6) is 0.550. The normalized spacial score (nSPS) is 11.2. The molecule has 4 heteroatoms. The van der Waals surface area contributed by atoms with Gasteiger partial charge in [-0.2, -0.15) is 0 Å². The van der Waals surface area contributed by atoms with Crippen molar-refractivity contribution < 1.29 is 4.42 Å². The second-order valence-electron chi connectivity index (χ2n) is 4.54. The summed E-state index contributed by atoms with van der Waals surface area (Å²) in [5.41, 5.74) is 2.31. The smallest absolute Gasteiger partial charge is 0.364 e. The topological polar surface area (TPSA) is 47.5 Å². The Kier molecular flexibility index (Phi) is 2.23. The van der Waals surface area contributed by atoms with Gasteiger partial charge in [-0.15, -0.1) is 0 Å². The van der Waals surface area contributed by atoms with E-state index in [4.69, 9.17) is 4.42 Å². The Morgan fingerprint density at radius 2 is 1.80 bits per heavy atom. The molecule has 0 amide bonds. The standard InChI is InChI=1S/C16H10N2O2/c19-16-15-12(18-9-5-4-8-14(18)17-15)10-13(20-16)11-6-2-1-3-7-11/h1-10H. The van der Waals surface area contributed by atoms with Crippen LogP contribution in [-0.4, -0.2) is 9.38 Å². The molecule has 0 bridgehead atoms. The van der Waals surface area contributed by atoms with Gasteiger partial charge in [0.15, 0.2) is 5.52 Å². The van der Waals surface area contributed by atoms with Crippen molar-refractivity contribution in [1.29, 1.82) is 0 Å². The molecule has 0 aliphatic rings. The summed E-state index contributed by atoms with van der Waals surface area (Å²) in [6.07, 6.45) is 1.89. The molecule has 0 saturated carbocycles. The van der Waals surface area contributed by atoms with Gasteiger partial charge in [0.25, 0.3) is 0 Å². The predicted molar refractivity (Wildman–Crippen MR) is 76.7 cm³/mol. The number of fused-ring (bicyclic) bond motifs is 3. The molecule has 0 fully saturated rings. The number of imidazole rings is 1. The van der Waals surface area contributed by atoms with Crippen molar-refractivity contribution in [3.8, 4) is 11.3 Å². The van der Waals surface area contributed by atoms with Gasteiger partial charge in [0.05, 0.1) is 5.52 Å². The van der Waals surface area contributed by atoms with Crippen molar-refractivity contribution in [3.63, 3.8) is 0 Å². The third kappa shape index (κ3) is 1.55. The van der Waals surface area contributed by atoms with Gasteiger partial charge in [-0.3, -0.25) is 4.40 Å². The van der Waals surface area contributed by atoms with Crippen LogP contribution in [0.5, 0.6) is 0 Å². The fourth-order valence-electron chi connectivity index (χ4n) is 2.35. The maximum absolute atomic E-state index is 12.1. The SMILES string of the molecule is O=c1oc(-c2ccccc2)cc2c1nc1ccccn12. The Bertz CT molecular complexity index is 968. The molecule has 0 atom stereocenters. The van der Waals surface area contributed by atoms with Crippen LogP contribution in [0.15, 0.2) is 70.0 Å². The Labute approximate surface area is 113 Å². The summed E-state index contributed by atoms with van der Waals surface area (Å²) in [6, 6.07) is 17.1. The highest BCUT2D eigenvalue weighted by molar-refractivity contribution is 5.82. The first-order chi connectivity index (χ1) is 9.83. The van der Waals surface area contributed by atoms with Crippen molar-refractivity contribution in [2.45, 2.75) is 0 Å². The second kappa shape index (κ2) is 4.06. The lowest BCUT2D eigenvalue weighted by molar-refractivity contribution is 0.533. The van der Waals surface area contributed by atoms with E-state index in [9.17, 15) is 4.79 Å². The van der Waals surface area contributed by atoms with Crippen molar-refractivity contribution >= 4 is 16.7 Å². The molecule has 0 N–H and O–H groups in total. The zero-order valence-electron chi connectivity index (χ0n) is 10.5. The molecular weight excluding hydrogens is 252 g/mol. The Balaban J connectivity index is 2.11. The lowest BCUT2D eigenvalue weighted by Gasteiger charge is -2.00. The van der Waals surface area contributed by atoms with Gasteiger partial charge in [-0.1, -0.05) is 36.4 Å². The van der Waals surface area contributed by atoms with Crippen molar-refractivity contribution in [3.05, 3.63) is 71.2 Å². The van der Waals surface area contributed by atoms with Crippen LogP contribution < -0.4 is 5.63 Å². The van der Waals surface area contributed by atoms with Gasteiger partial charge < -0.3 is 4.42 Å². The lowest BCUT2D eigenvalue weighted by atomic mass is 10.1. The molecule has 3 aromatic heterocycles. The van der Waals surface area contributed by atoms with E-state index in [2.05, 4.69) is 4.98 Å². The minimum atomic E-state index is -0.412. The number of benzene rings is 1. The highest BCUT2D eigenvalue weighted by atomic mass is 16.4. The molecule has 0 aliphatic carbocycles. The Hall–Kier alpha value is -2.88. The minimum absolute atomic E-state index is 0.357. The first-order valence-corrected chi connectivity index (χ1v) is 6.29. The van der Waals surface area contributed by atoms with Crippen LogP contribution in [0.1, 0.15) is 0 Å². The fraction of sp³-hybridized carbons (Fsp3) is 0. The van der Waals surface area contributed by atoms with E-state index in [-0.39, 0.29) is 0 Å². The quantitative estimate of drug-likeness (QED) is 0.529. The average molecular weight is 262 g/mol. The maximum atomic E-state index is 12.1.